The van der Waals surface area contributed by atoms with Gasteiger partial charge in [0, 0.05) is 13.1 Å². The van der Waals surface area contributed by atoms with Crippen molar-refractivity contribution in [3.05, 3.63) is 63.6 Å². The molecule has 0 radical (unpaired) electrons. The minimum atomic E-state index is -0.448. The van der Waals surface area contributed by atoms with E-state index in [1.165, 1.54) is 16.0 Å². The van der Waals surface area contributed by atoms with E-state index >= 15 is 0 Å². The van der Waals surface area contributed by atoms with Crippen LogP contribution in [0.4, 0.5) is 5.69 Å². The van der Waals surface area contributed by atoms with Crippen molar-refractivity contribution in [3.8, 4) is 0 Å². The van der Waals surface area contributed by atoms with Gasteiger partial charge in [-0.1, -0.05) is 53.5 Å². The minimum absolute atomic E-state index is 0.170. The highest BCUT2D eigenvalue weighted by Gasteiger charge is 2.44. The number of amides is 2. The Bertz CT molecular complexity index is 868. The first kappa shape index (κ1) is 16.6. The van der Waals surface area contributed by atoms with Crippen molar-refractivity contribution in [2.75, 3.05) is 11.4 Å². The van der Waals surface area contributed by atoms with Crippen LogP contribution in [0.3, 0.4) is 0 Å². The molecule has 0 N–H and O–H groups in total. The van der Waals surface area contributed by atoms with Crippen molar-refractivity contribution in [1.82, 2.24) is 4.90 Å². The van der Waals surface area contributed by atoms with Gasteiger partial charge < -0.3 is 0 Å². The second kappa shape index (κ2) is 6.45. The van der Waals surface area contributed by atoms with Gasteiger partial charge in [-0.25, -0.2) is 4.90 Å². The molecule has 2 aromatic rings. The molecule has 1 saturated heterocycles. The van der Waals surface area contributed by atoms with Crippen LogP contribution in [0.5, 0.6) is 0 Å². The quantitative estimate of drug-likeness (QED) is 0.752. The molecule has 25 heavy (non-hydrogen) atoms. The van der Waals surface area contributed by atoms with E-state index in [-0.39, 0.29) is 23.3 Å². The van der Waals surface area contributed by atoms with Gasteiger partial charge >= 0.3 is 0 Å². The first-order chi connectivity index (χ1) is 12.1. The standard InChI is InChI=1S/C19H16Cl2N2O2/c20-14-6-3-7-15(18(14)21)23-17(24)10-16(19(23)25)22-9-8-12-4-1-2-5-13(12)11-22/h1-7,16H,8-11H2/t16-/m0/s1. The van der Waals surface area contributed by atoms with Crippen LogP contribution in [0, 0.1) is 0 Å². The normalized spacial score (nSPS) is 20.9. The van der Waals surface area contributed by atoms with E-state index in [2.05, 4.69) is 17.0 Å². The molecule has 0 aliphatic carbocycles. The number of hydrogen-bond acceptors (Lipinski definition) is 3. The summed E-state index contributed by atoms with van der Waals surface area (Å²) in [6.45, 7) is 1.44. The number of anilines is 1. The van der Waals surface area contributed by atoms with Gasteiger partial charge in [0.15, 0.2) is 0 Å². The van der Waals surface area contributed by atoms with Crippen LogP contribution in [0.1, 0.15) is 17.5 Å². The lowest BCUT2D eigenvalue weighted by molar-refractivity contribution is -0.123. The maximum absolute atomic E-state index is 13.0. The van der Waals surface area contributed by atoms with Crippen LogP contribution < -0.4 is 4.90 Å². The molecule has 0 spiro atoms. The third-order valence-electron chi connectivity index (χ3n) is 4.90. The predicted molar refractivity (Wildman–Crippen MR) is 97.9 cm³/mol. The molecule has 2 aliphatic rings. The SMILES string of the molecule is O=C1C[C@H](N2CCc3ccccc3C2)C(=O)N1c1cccc(Cl)c1Cl. The van der Waals surface area contributed by atoms with Crippen molar-refractivity contribution in [2.45, 2.75) is 25.4 Å². The van der Waals surface area contributed by atoms with E-state index < -0.39 is 6.04 Å². The minimum Gasteiger partial charge on any atom is -0.287 e. The van der Waals surface area contributed by atoms with Gasteiger partial charge in [-0.15, -0.1) is 0 Å². The average molecular weight is 375 g/mol. The zero-order valence-corrected chi connectivity index (χ0v) is 14.9. The molecular formula is C19H16Cl2N2O2. The summed E-state index contributed by atoms with van der Waals surface area (Å²) in [4.78, 5) is 28.7. The molecule has 2 amide bonds. The van der Waals surface area contributed by atoms with Crippen LogP contribution in [0.15, 0.2) is 42.5 Å². The number of nitrogens with zero attached hydrogens (tertiary/aromatic N) is 2. The van der Waals surface area contributed by atoms with Gasteiger partial charge in [-0.2, -0.15) is 0 Å². The molecule has 0 saturated carbocycles. The van der Waals surface area contributed by atoms with Crippen molar-refractivity contribution in [2.24, 2.45) is 0 Å². The summed E-state index contributed by atoms with van der Waals surface area (Å²) in [5.41, 5.74) is 2.89. The molecule has 4 rings (SSSR count). The van der Waals surface area contributed by atoms with Gasteiger partial charge in [0.25, 0.3) is 5.91 Å². The van der Waals surface area contributed by atoms with E-state index in [1.807, 2.05) is 12.1 Å². The molecule has 6 heteroatoms. The molecular weight excluding hydrogens is 359 g/mol. The fraction of sp³-hybridized carbons (Fsp3) is 0.263. The zero-order valence-electron chi connectivity index (χ0n) is 13.4. The monoisotopic (exact) mass is 374 g/mol. The summed E-state index contributed by atoms with van der Waals surface area (Å²) in [6.07, 6.45) is 1.05. The van der Waals surface area contributed by atoms with Crippen LogP contribution in [0.25, 0.3) is 0 Å². The van der Waals surface area contributed by atoms with Gasteiger partial charge in [0.1, 0.15) is 0 Å². The summed E-state index contributed by atoms with van der Waals surface area (Å²) >= 11 is 12.3. The summed E-state index contributed by atoms with van der Waals surface area (Å²) in [6, 6.07) is 12.8. The topological polar surface area (TPSA) is 40.6 Å². The number of hydrogen-bond donors (Lipinski definition) is 0. The fourth-order valence-electron chi connectivity index (χ4n) is 3.60. The number of benzene rings is 2. The van der Waals surface area contributed by atoms with Crippen molar-refractivity contribution >= 4 is 40.7 Å². The lowest BCUT2D eigenvalue weighted by Crippen LogP contribution is -2.44. The van der Waals surface area contributed by atoms with Crippen molar-refractivity contribution in [3.63, 3.8) is 0 Å². The number of rotatable bonds is 2. The van der Waals surface area contributed by atoms with E-state index in [1.54, 1.807) is 18.2 Å². The van der Waals surface area contributed by atoms with E-state index in [0.717, 1.165) is 13.0 Å². The first-order valence-corrected chi connectivity index (χ1v) is 8.93. The average Bonchev–Trinajstić information content (AvgIpc) is 2.91. The number of carbonyl (C=O) groups excluding carboxylic acids is 2. The summed E-state index contributed by atoms with van der Waals surface area (Å²) in [5, 5.41) is 0.561. The van der Waals surface area contributed by atoms with Crippen LogP contribution >= 0.6 is 23.2 Å². The molecule has 2 aliphatic heterocycles. The zero-order chi connectivity index (χ0) is 17.6. The Balaban J connectivity index is 1.61. The Morgan fingerprint density at radius 3 is 2.52 bits per heavy atom. The molecule has 1 fully saturated rings. The van der Waals surface area contributed by atoms with E-state index in [0.29, 0.717) is 17.3 Å². The molecule has 0 aromatic heterocycles. The Morgan fingerprint density at radius 2 is 1.72 bits per heavy atom. The summed E-state index contributed by atoms with van der Waals surface area (Å²) in [5.74, 6) is -0.466. The highest BCUT2D eigenvalue weighted by Crippen LogP contribution is 2.36. The maximum Gasteiger partial charge on any atom is 0.251 e. The van der Waals surface area contributed by atoms with E-state index in [9.17, 15) is 9.59 Å². The second-order valence-corrected chi connectivity index (χ2v) is 7.13. The lowest BCUT2D eigenvalue weighted by Gasteiger charge is -2.32. The largest absolute Gasteiger partial charge is 0.287 e. The highest BCUT2D eigenvalue weighted by atomic mass is 35.5. The van der Waals surface area contributed by atoms with Gasteiger partial charge in [-0.3, -0.25) is 14.5 Å². The molecule has 2 heterocycles. The lowest BCUT2D eigenvalue weighted by atomic mass is 9.98. The predicted octanol–water partition coefficient (Wildman–Crippen LogP) is 3.68. The molecule has 0 unspecified atom stereocenters. The Hall–Kier alpha value is -1.88. The third-order valence-corrected chi connectivity index (χ3v) is 5.70. The second-order valence-electron chi connectivity index (χ2n) is 6.35. The Kier molecular flexibility index (Phi) is 4.28. The van der Waals surface area contributed by atoms with Crippen LogP contribution in [-0.4, -0.2) is 29.3 Å². The molecule has 0 bridgehead atoms. The molecule has 2 aromatic carbocycles. The number of imide groups is 1. The fourth-order valence-corrected chi connectivity index (χ4v) is 3.98. The van der Waals surface area contributed by atoms with E-state index in [4.69, 9.17) is 23.2 Å². The Morgan fingerprint density at radius 1 is 0.960 bits per heavy atom. The van der Waals surface area contributed by atoms with Gasteiger partial charge in [0.2, 0.25) is 5.91 Å². The number of halogens is 2. The molecule has 128 valence electrons. The number of carbonyl (C=O) groups is 2. The summed E-state index contributed by atoms with van der Waals surface area (Å²) < 4.78 is 0. The molecule has 4 nitrogen and oxygen atoms in total. The number of fused-ring (bicyclic) bond motifs is 1. The third kappa shape index (κ3) is 2.84. The maximum atomic E-state index is 13.0. The summed E-state index contributed by atoms with van der Waals surface area (Å²) in [7, 11) is 0. The smallest absolute Gasteiger partial charge is 0.251 e. The Labute approximate surface area is 155 Å². The van der Waals surface area contributed by atoms with Crippen LogP contribution in [0.2, 0.25) is 10.0 Å². The first-order valence-electron chi connectivity index (χ1n) is 8.18. The van der Waals surface area contributed by atoms with Crippen LogP contribution in [-0.2, 0) is 22.6 Å². The van der Waals surface area contributed by atoms with Gasteiger partial charge in [0.05, 0.1) is 28.2 Å². The van der Waals surface area contributed by atoms with Crippen molar-refractivity contribution in [1.29, 1.82) is 0 Å². The van der Waals surface area contributed by atoms with Gasteiger partial charge in [-0.05, 0) is 29.7 Å². The highest BCUT2D eigenvalue weighted by molar-refractivity contribution is 6.44. The molecule has 1 atom stereocenters. The van der Waals surface area contributed by atoms with Crippen molar-refractivity contribution < 1.29 is 9.59 Å².